The van der Waals surface area contributed by atoms with Gasteiger partial charge in [0.05, 0.1) is 0 Å². The summed E-state index contributed by atoms with van der Waals surface area (Å²) in [6.45, 7) is 4.46. The molecule has 0 aromatic heterocycles. The van der Waals surface area contributed by atoms with Crippen molar-refractivity contribution in [1.82, 2.24) is 15.1 Å². The van der Waals surface area contributed by atoms with Gasteiger partial charge in [-0.2, -0.15) is 0 Å². The molecule has 0 bridgehead atoms. The first kappa shape index (κ1) is 19.7. The number of nitrogens with zero attached hydrogens (tertiary/aromatic N) is 2. The summed E-state index contributed by atoms with van der Waals surface area (Å²) in [5.41, 5.74) is 2.73. The number of carbonyl (C=O) groups excluding carboxylic acids is 2. The lowest BCUT2D eigenvalue weighted by Gasteiger charge is -2.23. The van der Waals surface area contributed by atoms with Gasteiger partial charge in [0.1, 0.15) is 5.82 Å². The van der Waals surface area contributed by atoms with Gasteiger partial charge < -0.3 is 20.4 Å². The van der Waals surface area contributed by atoms with E-state index >= 15 is 0 Å². The quantitative estimate of drug-likeness (QED) is 0.850. The Kier molecular flexibility index (Phi) is 6.47. The molecule has 2 aromatic carbocycles. The Morgan fingerprint density at radius 3 is 2.14 bits per heavy atom. The average molecular weight is 384 g/mol. The fraction of sp³-hybridized carbons (Fsp3) is 0.333. The molecular weight excluding hydrogens is 359 g/mol. The zero-order valence-electron chi connectivity index (χ0n) is 16.0. The highest BCUT2D eigenvalue weighted by atomic mass is 19.1. The van der Waals surface area contributed by atoms with Gasteiger partial charge in [-0.3, -0.25) is 0 Å². The SMILES string of the molecule is Cc1ccc(NC(=O)N2CCCN(C(=O)NCc3ccc(F)cc3)CC2)cc1. The van der Waals surface area contributed by atoms with Crippen molar-refractivity contribution < 1.29 is 14.0 Å². The molecule has 28 heavy (non-hydrogen) atoms. The van der Waals surface area contributed by atoms with Crippen LogP contribution in [0, 0.1) is 12.7 Å². The van der Waals surface area contributed by atoms with Gasteiger partial charge in [0.15, 0.2) is 0 Å². The van der Waals surface area contributed by atoms with Crippen molar-refractivity contribution in [3.05, 3.63) is 65.5 Å². The Labute approximate surface area is 164 Å². The van der Waals surface area contributed by atoms with Gasteiger partial charge in [0.2, 0.25) is 0 Å². The second-order valence-electron chi connectivity index (χ2n) is 6.91. The summed E-state index contributed by atoms with van der Waals surface area (Å²) < 4.78 is 12.9. The Balaban J connectivity index is 1.48. The Morgan fingerprint density at radius 2 is 1.50 bits per heavy atom. The monoisotopic (exact) mass is 384 g/mol. The van der Waals surface area contributed by atoms with Gasteiger partial charge in [-0.25, -0.2) is 14.0 Å². The van der Waals surface area contributed by atoms with Crippen molar-refractivity contribution >= 4 is 17.7 Å². The Morgan fingerprint density at radius 1 is 0.893 bits per heavy atom. The van der Waals surface area contributed by atoms with E-state index in [2.05, 4.69) is 10.6 Å². The van der Waals surface area contributed by atoms with Crippen LogP contribution in [0.1, 0.15) is 17.5 Å². The molecule has 1 aliphatic rings. The van der Waals surface area contributed by atoms with Crippen molar-refractivity contribution in [2.75, 3.05) is 31.5 Å². The number of nitrogens with one attached hydrogen (secondary N) is 2. The highest BCUT2D eigenvalue weighted by Crippen LogP contribution is 2.11. The van der Waals surface area contributed by atoms with E-state index in [1.54, 1.807) is 21.9 Å². The summed E-state index contributed by atoms with van der Waals surface area (Å²) in [6.07, 6.45) is 0.714. The van der Waals surface area contributed by atoms with Crippen LogP contribution < -0.4 is 10.6 Å². The number of hydrogen-bond acceptors (Lipinski definition) is 2. The lowest BCUT2D eigenvalue weighted by molar-refractivity contribution is 0.195. The highest BCUT2D eigenvalue weighted by Gasteiger charge is 2.22. The van der Waals surface area contributed by atoms with Gasteiger partial charge in [-0.05, 0) is 43.2 Å². The minimum atomic E-state index is -0.299. The molecule has 7 heteroatoms. The molecule has 4 amide bonds. The molecule has 2 aromatic rings. The molecule has 0 radical (unpaired) electrons. The number of amides is 4. The molecule has 0 spiro atoms. The van der Waals surface area contributed by atoms with Gasteiger partial charge in [0, 0.05) is 38.4 Å². The van der Waals surface area contributed by atoms with E-state index in [1.165, 1.54) is 12.1 Å². The third kappa shape index (κ3) is 5.45. The van der Waals surface area contributed by atoms with E-state index in [0.717, 1.165) is 16.8 Å². The smallest absolute Gasteiger partial charge is 0.321 e. The second kappa shape index (κ2) is 9.21. The predicted molar refractivity (Wildman–Crippen MR) is 107 cm³/mol. The lowest BCUT2D eigenvalue weighted by Crippen LogP contribution is -2.43. The molecule has 0 atom stereocenters. The van der Waals surface area contributed by atoms with Crippen LogP contribution in [-0.4, -0.2) is 48.0 Å². The summed E-state index contributed by atoms with van der Waals surface area (Å²) in [5.74, 6) is -0.299. The van der Waals surface area contributed by atoms with Crippen molar-refractivity contribution in [2.24, 2.45) is 0 Å². The topological polar surface area (TPSA) is 64.7 Å². The third-order valence-electron chi connectivity index (χ3n) is 4.73. The molecule has 0 aliphatic carbocycles. The van der Waals surface area contributed by atoms with Crippen LogP contribution in [0.4, 0.5) is 19.7 Å². The first-order chi connectivity index (χ1) is 13.5. The van der Waals surface area contributed by atoms with E-state index in [1.807, 2.05) is 31.2 Å². The first-order valence-corrected chi connectivity index (χ1v) is 9.41. The zero-order valence-corrected chi connectivity index (χ0v) is 16.0. The second-order valence-corrected chi connectivity index (χ2v) is 6.91. The maximum atomic E-state index is 12.9. The zero-order chi connectivity index (χ0) is 19.9. The van der Waals surface area contributed by atoms with Crippen LogP contribution >= 0.6 is 0 Å². The number of carbonyl (C=O) groups is 2. The predicted octanol–water partition coefficient (Wildman–Crippen LogP) is 3.58. The maximum absolute atomic E-state index is 12.9. The molecule has 3 rings (SSSR count). The van der Waals surface area contributed by atoms with E-state index in [9.17, 15) is 14.0 Å². The van der Waals surface area contributed by atoms with Crippen LogP contribution in [0.2, 0.25) is 0 Å². The Hall–Kier alpha value is -3.09. The lowest BCUT2D eigenvalue weighted by atomic mass is 10.2. The molecule has 1 fully saturated rings. The van der Waals surface area contributed by atoms with E-state index in [0.29, 0.717) is 39.1 Å². The van der Waals surface area contributed by atoms with Gasteiger partial charge in [0.25, 0.3) is 0 Å². The molecule has 6 nitrogen and oxygen atoms in total. The summed E-state index contributed by atoms with van der Waals surface area (Å²) in [7, 11) is 0. The van der Waals surface area contributed by atoms with Crippen LogP contribution in [0.15, 0.2) is 48.5 Å². The van der Waals surface area contributed by atoms with E-state index < -0.39 is 0 Å². The molecule has 1 saturated heterocycles. The summed E-state index contributed by atoms with van der Waals surface area (Å²) in [4.78, 5) is 28.3. The molecular formula is C21H25FN4O2. The maximum Gasteiger partial charge on any atom is 0.321 e. The summed E-state index contributed by atoms with van der Waals surface area (Å²) in [5, 5.41) is 5.75. The van der Waals surface area contributed by atoms with Crippen molar-refractivity contribution in [1.29, 1.82) is 0 Å². The van der Waals surface area contributed by atoms with Crippen LogP contribution in [-0.2, 0) is 6.54 Å². The first-order valence-electron chi connectivity index (χ1n) is 9.41. The fourth-order valence-electron chi connectivity index (χ4n) is 3.05. The minimum Gasteiger partial charge on any atom is -0.334 e. The number of aryl methyl sites for hydroxylation is 1. The number of urea groups is 2. The van der Waals surface area contributed by atoms with Crippen molar-refractivity contribution in [3.63, 3.8) is 0 Å². The molecule has 0 unspecified atom stereocenters. The molecule has 1 heterocycles. The fourth-order valence-corrected chi connectivity index (χ4v) is 3.05. The van der Waals surface area contributed by atoms with Crippen molar-refractivity contribution in [3.8, 4) is 0 Å². The van der Waals surface area contributed by atoms with Crippen LogP contribution in [0.5, 0.6) is 0 Å². The average Bonchev–Trinajstić information content (AvgIpc) is 2.95. The number of benzene rings is 2. The number of rotatable bonds is 3. The number of halogens is 1. The molecule has 2 N–H and O–H groups in total. The standard InChI is InChI=1S/C21H25FN4O2/c1-16-3-9-19(10-4-16)24-21(28)26-12-2-11-25(13-14-26)20(27)23-15-17-5-7-18(22)8-6-17/h3-10H,2,11-15H2,1H3,(H,23,27)(H,24,28). The van der Waals surface area contributed by atoms with E-state index in [-0.39, 0.29) is 17.9 Å². The van der Waals surface area contributed by atoms with Gasteiger partial charge in [-0.15, -0.1) is 0 Å². The molecule has 148 valence electrons. The van der Waals surface area contributed by atoms with Crippen molar-refractivity contribution in [2.45, 2.75) is 19.9 Å². The normalized spacial score (nSPS) is 14.4. The van der Waals surface area contributed by atoms with Crippen LogP contribution in [0.25, 0.3) is 0 Å². The highest BCUT2D eigenvalue weighted by molar-refractivity contribution is 5.89. The molecule has 0 saturated carbocycles. The third-order valence-corrected chi connectivity index (χ3v) is 4.73. The largest absolute Gasteiger partial charge is 0.334 e. The number of hydrogen-bond donors (Lipinski definition) is 2. The minimum absolute atomic E-state index is 0.155. The Bertz CT molecular complexity index is 808. The van der Waals surface area contributed by atoms with Crippen LogP contribution in [0.3, 0.4) is 0 Å². The van der Waals surface area contributed by atoms with Gasteiger partial charge >= 0.3 is 12.1 Å². The van der Waals surface area contributed by atoms with E-state index in [4.69, 9.17) is 0 Å². The summed E-state index contributed by atoms with van der Waals surface area (Å²) >= 11 is 0. The molecule has 1 aliphatic heterocycles. The van der Waals surface area contributed by atoms with Gasteiger partial charge in [-0.1, -0.05) is 29.8 Å². The number of anilines is 1. The summed E-state index contributed by atoms with van der Waals surface area (Å²) in [6, 6.07) is 13.4.